The molecular formula is C15H14ClFN4O2. The van der Waals surface area contributed by atoms with Crippen molar-refractivity contribution in [3.8, 4) is 5.69 Å². The lowest BCUT2D eigenvalue weighted by molar-refractivity contribution is -0.140. The summed E-state index contributed by atoms with van der Waals surface area (Å²) in [4.78, 5) is 25.4. The summed E-state index contributed by atoms with van der Waals surface area (Å²) in [6.45, 7) is 3.55. The molecule has 2 aromatic rings. The standard InChI is InChI=1S/C15H14ClFN4O2/c1-8-9(2)15(23)20(14(8)22)6-10-7-21(19-18-10)11-3-4-13(17)12(16)5-11/h3-5,7-9H,6H2,1-2H3/t8-,9-/m1/s1. The Morgan fingerprint density at radius 1 is 1.22 bits per heavy atom. The third-order valence-electron chi connectivity index (χ3n) is 4.09. The molecule has 0 N–H and O–H groups in total. The van der Waals surface area contributed by atoms with E-state index in [1.165, 1.54) is 27.8 Å². The average molecular weight is 337 g/mol. The van der Waals surface area contributed by atoms with Crippen LogP contribution in [0.5, 0.6) is 0 Å². The highest BCUT2D eigenvalue weighted by molar-refractivity contribution is 6.30. The highest BCUT2D eigenvalue weighted by Crippen LogP contribution is 2.26. The second kappa shape index (κ2) is 5.73. The predicted molar refractivity (Wildman–Crippen MR) is 80.2 cm³/mol. The van der Waals surface area contributed by atoms with Gasteiger partial charge in [0, 0.05) is 11.8 Å². The minimum atomic E-state index is -0.521. The summed E-state index contributed by atoms with van der Waals surface area (Å²) in [6.07, 6.45) is 1.58. The fourth-order valence-corrected chi connectivity index (χ4v) is 2.65. The summed E-state index contributed by atoms with van der Waals surface area (Å²) < 4.78 is 14.6. The zero-order chi connectivity index (χ0) is 16.7. The Hall–Kier alpha value is -2.28. The molecule has 23 heavy (non-hydrogen) atoms. The minimum absolute atomic E-state index is 0.0212. The first-order chi connectivity index (χ1) is 10.9. The average Bonchev–Trinajstić information content (AvgIpc) is 3.06. The number of halogens is 2. The Morgan fingerprint density at radius 2 is 1.87 bits per heavy atom. The lowest BCUT2D eigenvalue weighted by Crippen LogP contribution is -2.30. The third-order valence-corrected chi connectivity index (χ3v) is 4.38. The van der Waals surface area contributed by atoms with E-state index in [-0.39, 0.29) is 35.2 Å². The van der Waals surface area contributed by atoms with Gasteiger partial charge >= 0.3 is 0 Å². The number of rotatable bonds is 3. The largest absolute Gasteiger partial charge is 0.276 e. The first kappa shape index (κ1) is 15.6. The number of nitrogens with zero attached hydrogens (tertiary/aromatic N) is 4. The van der Waals surface area contributed by atoms with Crippen LogP contribution >= 0.6 is 11.6 Å². The molecule has 0 bridgehead atoms. The van der Waals surface area contributed by atoms with Gasteiger partial charge in [0.1, 0.15) is 11.5 Å². The highest BCUT2D eigenvalue weighted by atomic mass is 35.5. The summed E-state index contributed by atoms with van der Waals surface area (Å²) in [5.74, 6) is -1.59. The smallest absolute Gasteiger partial charge is 0.233 e. The third kappa shape index (κ3) is 2.72. The number of aromatic nitrogens is 3. The lowest BCUT2D eigenvalue weighted by Gasteiger charge is -2.11. The quantitative estimate of drug-likeness (QED) is 0.806. The molecule has 8 heteroatoms. The lowest BCUT2D eigenvalue weighted by atomic mass is 10.00. The molecule has 2 heterocycles. The van der Waals surface area contributed by atoms with E-state index in [0.29, 0.717) is 11.4 Å². The molecule has 0 radical (unpaired) electrons. The molecule has 6 nitrogen and oxygen atoms in total. The van der Waals surface area contributed by atoms with Crippen molar-refractivity contribution in [2.45, 2.75) is 20.4 Å². The van der Waals surface area contributed by atoms with E-state index in [0.717, 1.165) is 0 Å². The molecule has 1 aromatic carbocycles. The van der Waals surface area contributed by atoms with Crippen LogP contribution in [0.4, 0.5) is 4.39 Å². The summed E-state index contributed by atoms with van der Waals surface area (Å²) in [6, 6.07) is 4.16. The fourth-order valence-electron chi connectivity index (χ4n) is 2.47. The SMILES string of the molecule is C[C@H]1C(=O)N(Cc2cn(-c3ccc(F)c(Cl)c3)nn2)C(=O)[C@@H]1C. The van der Waals surface area contributed by atoms with Gasteiger partial charge < -0.3 is 0 Å². The van der Waals surface area contributed by atoms with Crippen molar-refractivity contribution < 1.29 is 14.0 Å². The minimum Gasteiger partial charge on any atom is -0.276 e. The molecular weight excluding hydrogens is 323 g/mol. The van der Waals surface area contributed by atoms with Crippen molar-refractivity contribution in [2.75, 3.05) is 0 Å². The van der Waals surface area contributed by atoms with E-state index in [1.54, 1.807) is 20.0 Å². The van der Waals surface area contributed by atoms with Gasteiger partial charge in [0.2, 0.25) is 11.8 Å². The molecule has 0 aliphatic carbocycles. The van der Waals surface area contributed by atoms with Gasteiger partial charge in [-0.15, -0.1) is 5.10 Å². The number of imide groups is 1. The van der Waals surface area contributed by atoms with E-state index in [1.807, 2.05) is 0 Å². The maximum absolute atomic E-state index is 13.2. The molecule has 1 aliphatic rings. The van der Waals surface area contributed by atoms with Crippen LogP contribution in [0, 0.1) is 17.7 Å². The van der Waals surface area contributed by atoms with Crippen molar-refractivity contribution in [1.29, 1.82) is 0 Å². The van der Waals surface area contributed by atoms with Crippen molar-refractivity contribution >= 4 is 23.4 Å². The van der Waals surface area contributed by atoms with Gasteiger partial charge in [-0.05, 0) is 18.2 Å². The maximum atomic E-state index is 13.2. The maximum Gasteiger partial charge on any atom is 0.233 e. The van der Waals surface area contributed by atoms with Crippen LogP contribution < -0.4 is 0 Å². The molecule has 2 atom stereocenters. The van der Waals surface area contributed by atoms with Crippen LogP contribution in [-0.4, -0.2) is 31.7 Å². The number of hydrogen-bond donors (Lipinski definition) is 0. The molecule has 1 aromatic heterocycles. The number of benzene rings is 1. The highest BCUT2D eigenvalue weighted by Gasteiger charge is 2.42. The number of hydrogen-bond acceptors (Lipinski definition) is 4. The van der Waals surface area contributed by atoms with Gasteiger partial charge in [0.15, 0.2) is 0 Å². The number of carbonyl (C=O) groups excluding carboxylic acids is 2. The van der Waals surface area contributed by atoms with Gasteiger partial charge in [-0.25, -0.2) is 9.07 Å². The molecule has 0 unspecified atom stereocenters. The Bertz CT molecular complexity index is 772. The second-order valence-corrected chi connectivity index (χ2v) is 6.00. The van der Waals surface area contributed by atoms with Crippen LogP contribution in [-0.2, 0) is 16.1 Å². The van der Waals surface area contributed by atoms with Crippen molar-refractivity contribution in [3.63, 3.8) is 0 Å². The van der Waals surface area contributed by atoms with E-state index in [9.17, 15) is 14.0 Å². The van der Waals surface area contributed by atoms with Crippen LogP contribution in [0.2, 0.25) is 5.02 Å². The predicted octanol–water partition coefficient (Wildman–Crippen LogP) is 2.20. The number of likely N-dealkylation sites (tertiary alicyclic amines) is 1. The monoisotopic (exact) mass is 336 g/mol. The van der Waals surface area contributed by atoms with Crippen LogP contribution in [0.15, 0.2) is 24.4 Å². The van der Waals surface area contributed by atoms with E-state index < -0.39 is 5.82 Å². The molecule has 0 spiro atoms. The van der Waals surface area contributed by atoms with Gasteiger partial charge in [-0.1, -0.05) is 30.7 Å². The number of amides is 2. The van der Waals surface area contributed by atoms with Crippen LogP contribution in [0.1, 0.15) is 19.5 Å². The summed E-state index contributed by atoms with van der Waals surface area (Å²) in [5.41, 5.74) is 1.00. The van der Waals surface area contributed by atoms with Crippen molar-refractivity contribution in [1.82, 2.24) is 19.9 Å². The second-order valence-electron chi connectivity index (χ2n) is 5.59. The Kier molecular flexibility index (Phi) is 3.89. The molecule has 0 saturated carbocycles. The zero-order valence-corrected chi connectivity index (χ0v) is 13.3. The Morgan fingerprint density at radius 3 is 2.48 bits per heavy atom. The molecule has 1 saturated heterocycles. The molecule has 1 aliphatic heterocycles. The summed E-state index contributed by atoms with van der Waals surface area (Å²) in [5, 5.41) is 7.86. The van der Waals surface area contributed by atoms with E-state index in [4.69, 9.17) is 11.6 Å². The van der Waals surface area contributed by atoms with Crippen molar-refractivity contribution in [2.24, 2.45) is 11.8 Å². The molecule has 1 fully saturated rings. The Balaban J connectivity index is 1.81. The molecule has 2 amide bonds. The van der Waals surface area contributed by atoms with Gasteiger partial charge in [-0.2, -0.15) is 0 Å². The van der Waals surface area contributed by atoms with Gasteiger partial charge in [0.25, 0.3) is 0 Å². The molecule has 120 valence electrons. The van der Waals surface area contributed by atoms with Gasteiger partial charge in [-0.3, -0.25) is 14.5 Å². The van der Waals surface area contributed by atoms with Gasteiger partial charge in [0.05, 0.1) is 23.5 Å². The first-order valence-corrected chi connectivity index (χ1v) is 7.48. The zero-order valence-electron chi connectivity index (χ0n) is 12.5. The molecule has 3 rings (SSSR count). The fraction of sp³-hybridized carbons (Fsp3) is 0.333. The number of carbonyl (C=O) groups is 2. The van der Waals surface area contributed by atoms with E-state index in [2.05, 4.69) is 10.3 Å². The topological polar surface area (TPSA) is 68.1 Å². The van der Waals surface area contributed by atoms with Crippen LogP contribution in [0.3, 0.4) is 0 Å². The summed E-state index contributed by atoms with van der Waals surface area (Å²) in [7, 11) is 0. The summed E-state index contributed by atoms with van der Waals surface area (Å²) >= 11 is 5.74. The van der Waals surface area contributed by atoms with Crippen molar-refractivity contribution in [3.05, 3.63) is 40.9 Å². The first-order valence-electron chi connectivity index (χ1n) is 7.10. The van der Waals surface area contributed by atoms with E-state index >= 15 is 0 Å². The normalized spacial score (nSPS) is 21.3. The Labute approximate surface area is 136 Å². The van der Waals surface area contributed by atoms with Crippen LogP contribution in [0.25, 0.3) is 5.69 Å².